The summed E-state index contributed by atoms with van der Waals surface area (Å²) >= 11 is 9.56. The molecule has 1 aromatic rings. The number of rotatable bonds is 5. The zero-order chi connectivity index (χ0) is 12.1. The maximum absolute atomic E-state index is 6.08. The minimum atomic E-state index is 0.370. The molecule has 0 amide bonds. The number of hydrogen-bond acceptors (Lipinski definition) is 1. The first-order valence-corrected chi connectivity index (χ1v) is 6.88. The topological polar surface area (TPSA) is 12.0 Å². The van der Waals surface area contributed by atoms with E-state index in [1.807, 2.05) is 19.2 Å². The molecular formula is C13H19BrClN. The minimum absolute atomic E-state index is 0.370. The third-order valence-electron chi connectivity index (χ3n) is 2.87. The molecule has 0 saturated carbocycles. The lowest BCUT2D eigenvalue weighted by Gasteiger charge is -2.24. The molecule has 90 valence electrons. The van der Waals surface area contributed by atoms with E-state index in [1.165, 1.54) is 18.4 Å². The molecule has 0 aliphatic rings. The van der Waals surface area contributed by atoms with E-state index < -0.39 is 0 Å². The number of hydrogen-bond donors (Lipinski definition) is 1. The highest BCUT2D eigenvalue weighted by molar-refractivity contribution is 9.10. The number of halogens is 2. The molecule has 0 aliphatic carbocycles. The first kappa shape index (κ1) is 14.0. The van der Waals surface area contributed by atoms with Crippen molar-refractivity contribution in [2.24, 2.45) is 5.92 Å². The summed E-state index contributed by atoms with van der Waals surface area (Å²) in [5.41, 5.74) is 1.25. The van der Waals surface area contributed by atoms with Crippen molar-refractivity contribution in [3.63, 3.8) is 0 Å². The summed E-state index contributed by atoms with van der Waals surface area (Å²) in [5, 5.41) is 4.16. The van der Waals surface area contributed by atoms with Gasteiger partial charge in [-0.05, 0) is 43.1 Å². The summed E-state index contributed by atoms with van der Waals surface area (Å²) in [7, 11) is 2.01. The van der Waals surface area contributed by atoms with E-state index in [2.05, 4.69) is 41.2 Å². The van der Waals surface area contributed by atoms with Crippen LogP contribution in [0, 0.1) is 5.92 Å². The van der Waals surface area contributed by atoms with Crippen LogP contribution in [-0.4, -0.2) is 7.05 Å². The van der Waals surface area contributed by atoms with Crippen LogP contribution in [0.3, 0.4) is 0 Å². The standard InChI is InChI=1S/C13H19BrClN/c1-4-5-9(2)13(16-3)10-6-11(14)8-12(15)7-10/h6-9,13,16H,4-5H2,1-3H3. The molecule has 0 radical (unpaired) electrons. The Morgan fingerprint density at radius 2 is 2.06 bits per heavy atom. The molecule has 0 fully saturated rings. The van der Waals surface area contributed by atoms with Gasteiger partial charge in [-0.25, -0.2) is 0 Å². The lowest BCUT2D eigenvalue weighted by molar-refractivity contribution is 0.384. The Labute approximate surface area is 112 Å². The minimum Gasteiger partial charge on any atom is -0.313 e. The Morgan fingerprint density at radius 1 is 1.38 bits per heavy atom. The van der Waals surface area contributed by atoms with Crippen LogP contribution in [-0.2, 0) is 0 Å². The van der Waals surface area contributed by atoms with Crippen molar-refractivity contribution in [2.75, 3.05) is 7.05 Å². The Balaban J connectivity index is 2.94. The molecule has 1 N–H and O–H groups in total. The SMILES string of the molecule is CCCC(C)C(NC)c1cc(Cl)cc(Br)c1. The van der Waals surface area contributed by atoms with Gasteiger partial charge < -0.3 is 5.32 Å². The van der Waals surface area contributed by atoms with Gasteiger partial charge >= 0.3 is 0 Å². The smallest absolute Gasteiger partial charge is 0.0420 e. The van der Waals surface area contributed by atoms with Crippen molar-refractivity contribution in [3.05, 3.63) is 33.3 Å². The predicted molar refractivity (Wildman–Crippen MR) is 75.0 cm³/mol. The third kappa shape index (κ3) is 3.76. The fraction of sp³-hybridized carbons (Fsp3) is 0.538. The van der Waals surface area contributed by atoms with Gasteiger partial charge in [0.25, 0.3) is 0 Å². The monoisotopic (exact) mass is 303 g/mol. The quantitative estimate of drug-likeness (QED) is 0.824. The second kappa shape index (κ2) is 6.63. The lowest BCUT2D eigenvalue weighted by Crippen LogP contribution is -2.23. The van der Waals surface area contributed by atoms with Crippen LogP contribution in [0.1, 0.15) is 38.3 Å². The van der Waals surface area contributed by atoms with Crippen molar-refractivity contribution in [2.45, 2.75) is 32.7 Å². The third-order valence-corrected chi connectivity index (χ3v) is 3.54. The Morgan fingerprint density at radius 3 is 2.56 bits per heavy atom. The Bertz CT molecular complexity index is 320. The Kier molecular flexibility index (Phi) is 5.81. The van der Waals surface area contributed by atoms with Gasteiger partial charge in [0.05, 0.1) is 0 Å². The van der Waals surface area contributed by atoms with Crippen LogP contribution in [0.2, 0.25) is 5.02 Å². The summed E-state index contributed by atoms with van der Waals surface area (Å²) in [5.74, 6) is 0.611. The number of nitrogens with one attached hydrogen (secondary N) is 1. The van der Waals surface area contributed by atoms with E-state index >= 15 is 0 Å². The van der Waals surface area contributed by atoms with Gasteiger partial charge in [0.1, 0.15) is 0 Å². The van der Waals surface area contributed by atoms with Crippen molar-refractivity contribution >= 4 is 27.5 Å². The van der Waals surface area contributed by atoms with Gasteiger partial charge in [-0.1, -0.05) is 47.8 Å². The molecule has 0 heterocycles. The Hall–Kier alpha value is -0.0500. The van der Waals surface area contributed by atoms with Crippen LogP contribution in [0.5, 0.6) is 0 Å². The summed E-state index contributed by atoms with van der Waals surface area (Å²) in [6.45, 7) is 4.50. The van der Waals surface area contributed by atoms with Crippen LogP contribution in [0.15, 0.2) is 22.7 Å². The van der Waals surface area contributed by atoms with E-state index in [-0.39, 0.29) is 0 Å². The van der Waals surface area contributed by atoms with Crippen LogP contribution >= 0.6 is 27.5 Å². The predicted octanol–water partition coefficient (Wildman–Crippen LogP) is 4.80. The fourth-order valence-electron chi connectivity index (χ4n) is 2.16. The van der Waals surface area contributed by atoms with Gasteiger partial charge in [-0.3, -0.25) is 0 Å². The fourth-order valence-corrected chi connectivity index (χ4v) is 3.04. The molecule has 2 atom stereocenters. The van der Waals surface area contributed by atoms with Gasteiger partial charge in [0, 0.05) is 15.5 Å². The highest BCUT2D eigenvalue weighted by Gasteiger charge is 2.17. The highest BCUT2D eigenvalue weighted by atomic mass is 79.9. The maximum Gasteiger partial charge on any atom is 0.0420 e. The summed E-state index contributed by atoms with van der Waals surface area (Å²) in [4.78, 5) is 0. The van der Waals surface area contributed by atoms with Gasteiger partial charge in [0.15, 0.2) is 0 Å². The second-order valence-corrected chi connectivity index (χ2v) is 5.59. The van der Waals surface area contributed by atoms with Crippen molar-refractivity contribution < 1.29 is 0 Å². The molecule has 0 bridgehead atoms. The molecule has 1 aromatic carbocycles. The zero-order valence-corrected chi connectivity index (χ0v) is 12.4. The lowest BCUT2D eigenvalue weighted by atomic mass is 9.91. The summed E-state index contributed by atoms with van der Waals surface area (Å²) in [6, 6.07) is 6.47. The molecule has 2 unspecified atom stereocenters. The van der Waals surface area contributed by atoms with Gasteiger partial charge in [0.2, 0.25) is 0 Å². The average molecular weight is 305 g/mol. The molecule has 0 spiro atoms. The second-order valence-electron chi connectivity index (χ2n) is 4.24. The van der Waals surface area contributed by atoms with E-state index in [9.17, 15) is 0 Å². The molecule has 0 saturated heterocycles. The van der Waals surface area contributed by atoms with Crippen LogP contribution < -0.4 is 5.32 Å². The van der Waals surface area contributed by atoms with Crippen LogP contribution in [0.4, 0.5) is 0 Å². The van der Waals surface area contributed by atoms with Crippen molar-refractivity contribution in [3.8, 4) is 0 Å². The van der Waals surface area contributed by atoms with E-state index in [4.69, 9.17) is 11.6 Å². The highest BCUT2D eigenvalue weighted by Crippen LogP contribution is 2.29. The molecule has 16 heavy (non-hydrogen) atoms. The van der Waals surface area contributed by atoms with Gasteiger partial charge in [-0.2, -0.15) is 0 Å². The summed E-state index contributed by atoms with van der Waals surface area (Å²) < 4.78 is 1.04. The average Bonchev–Trinajstić information content (AvgIpc) is 2.17. The van der Waals surface area contributed by atoms with Crippen molar-refractivity contribution in [1.29, 1.82) is 0 Å². The first-order chi connectivity index (χ1) is 7.58. The zero-order valence-electron chi connectivity index (χ0n) is 10.1. The number of benzene rings is 1. The molecule has 1 nitrogen and oxygen atoms in total. The maximum atomic E-state index is 6.08. The molecule has 3 heteroatoms. The molecule has 1 rings (SSSR count). The van der Waals surface area contributed by atoms with E-state index in [1.54, 1.807) is 0 Å². The largest absolute Gasteiger partial charge is 0.313 e. The normalized spacial score (nSPS) is 14.8. The van der Waals surface area contributed by atoms with Gasteiger partial charge in [-0.15, -0.1) is 0 Å². The molecular weight excluding hydrogens is 286 g/mol. The van der Waals surface area contributed by atoms with E-state index in [0.29, 0.717) is 12.0 Å². The molecule has 0 aliphatic heterocycles. The first-order valence-electron chi connectivity index (χ1n) is 5.71. The molecule has 0 aromatic heterocycles. The van der Waals surface area contributed by atoms with E-state index in [0.717, 1.165) is 9.50 Å². The van der Waals surface area contributed by atoms with Crippen LogP contribution in [0.25, 0.3) is 0 Å². The van der Waals surface area contributed by atoms with Crippen molar-refractivity contribution in [1.82, 2.24) is 5.32 Å². The summed E-state index contributed by atoms with van der Waals surface area (Å²) in [6.07, 6.45) is 2.43.